The average Bonchev–Trinajstić information content (AvgIpc) is 3.57. The van der Waals surface area contributed by atoms with Crippen LogP contribution in [0.2, 0.25) is 0 Å². The summed E-state index contributed by atoms with van der Waals surface area (Å²) in [6, 6.07) is 35.0. The number of nitrogens with one attached hydrogen (secondary N) is 1. The highest BCUT2D eigenvalue weighted by molar-refractivity contribution is 7.07. The third-order valence-electron chi connectivity index (χ3n) is 8.37. The van der Waals surface area contributed by atoms with E-state index in [1.54, 1.807) is 7.11 Å². The Morgan fingerprint density at radius 1 is 0.929 bits per heavy atom. The molecule has 6 heteroatoms. The lowest BCUT2D eigenvalue weighted by atomic mass is 9.83. The molecule has 0 saturated carbocycles. The van der Waals surface area contributed by atoms with Crippen LogP contribution in [0, 0.1) is 0 Å². The van der Waals surface area contributed by atoms with Gasteiger partial charge in [-0.2, -0.15) is 0 Å². The molecule has 0 unspecified atom stereocenters. The Labute approximate surface area is 246 Å². The molecule has 1 aliphatic heterocycles. The fourth-order valence-electron chi connectivity index (χ4n) is 6.39. The van der Waals surface area contributed by atoms with E-state index < -0.39 is 0 Å². The highest BCUT2D eigenvalue weighted by Crippen LogP contribution is 2.41. The van der Waals surface area contributed by atoms with Gasteiger partial charge in [0.05, 0.1) is 29.1 Å². The van der Waals surface area contributed by atoms with Crippen LogP contribution in [0.1, 0.15) is 34.7 Å². The molecular weight excluding hydrogens is 538 g/mol. The van der Waals surface area contributed by atoms with Gasteiger partial charge in [0.2, 0.25) is 0 Å². The molecule has 6 aromatic rings. The summed E-state index contributed by atoms with van der Waals surface area (Å²) in [6.45, 7) is 0. The number of methoxy groups -OCH3 is 1. The average molecular weight is 566 g/mol. The van der Waals surface area contributed by atoms with Crippen LogP contribution in [0.4, 0.5) is 0 Å². The zero-order chi connectivity index (χ0) is 28.2. The van der Waals surface area contributed by atoms with E-state index in [9.17, 15) is 4.79 Å². The second-order valence-corrected chi connectivity index (χ2v) is 11.7. The molecular formula is C36H27N3O2S. The molecule has 0 saturated heterocycles. The van der Waals surface area contributed by atoms with Gasteiger partial charge < -0.3 is 9.72 Å². The maximum absolute atomic E-state index is 14.4. The first-order valence-electron chi connectivity index (χ1n) is 14.1. The fourth-order valence-corrected chi connectivity index (χ4v) is 7.37. The van der Waals surface area contributed by atoms with E-state index in [2.05, 4.69) is 53.5 Å². The Morgan fingerprint density at radius 3 is 2.50 bits per heavy atom. The summed E-state index contributed by atoms with van der Waals surface area (Å²) < 4.78 is 8.14. The molecule has 1 atom stereocenters. The molecule has 8 rings (SSSR count). The molecule has 42 heavy (non-hydrogen) atoms. The first kappa shape index (κ1) is 24.8. The predicted molar refractivity (Wildman–Crippen MR) is 169 cm³/mol. The van der Waals surface area contributed by atoms with Crippen LogP contribution in [-0.4, -0.2) is 16.7 Å². The van der Waals surface area contributed by atoms with E-state index in [1.165, 1.54) is 28.0 Å². The summed E-state index contributed by atoms with van der Waals surface area (Å²) in [5, 5.41) is 1.01. The lowest BCUT2D eigenvalue weighted by Crippen LogP contribution is -2.38. The fraction of sp³-hybridized carbons (Fsp3) is 0.111. The number of benzene rings is 4. The van der Waals surface area contributed by atoms with Crippen molar-refractivity contribution in [3.8, 4) is 17.0 Å². The molecule has 4 aromatic carbocycles. The maximum Gasteiger partial charge on any atom is 0.271 e. The minimum absolute atomic E-state index is 0.0192. The quantitative estimate of drug-likeness (QED) is 0.266. The number of rotatable bonds is 4. The minimum atomic E-state index is -0.190. The van der Waals surface area contributed by atoms with E-state index >= 15 is 0 Å². The lowest BCUT2D eigenvalue weighted by Gasteiger charge is -2.30. The van der Waals surface area contributed by atoms with Gasteiger partial charge in [-0.05, 0) is 59.4 Å². The molecule has 0 bridgehead atoms. The van der Waals surface area contributed by atoms with E-state index in [0.29, 0.717) is 4.53 Å². The van der Waals surface area contributed by atoms with Gasteiger partial charge in [-0.25, -0.2) is 4.99 Å². The van der Waals surface area contributed by atoms with E-state index in [1.807, 2.05) is 65.2 Å². The van der Waals surface area contributed by atoms with Gasteiger partial charge in [-0.15, -0.1) is 0 Å². The van der Waals surface area contributed by atoms with Crippen molar-refractivity contribution in [1.82, 2.24) is 9.55 Å². The van der Waals surface area contributed by atoms with E-state index in [4.69, 9.17) is 9.73 Å². The topological polar surface area (TPSA) is 59.4 Å². The molecule has 1 N–H and O–H groups in total. The summed E-state index contributed by atoms with van der Waals surface area (Å²) in [7, 11) is 1.67. The molecule has 3 heterocycles. The number of hydrogen-bond acceptors (Lipinski definition) is 4. The normalized spacial score (nSPS) is 16.1. The van der Waals surface area contributed by atoms with Crippen molar-refractivity contribution in [1.29, 1.82) is 0 Å². The Kier molecular flexibility index (Phi) is 5.83. The van der Waals surface area contributed by atoms with Gasteiger partial charge >= 0.3 is 0 Å². The number of ether oxygens (including phenoxy) is 1. The molecule has 0 fully saturated rings. The first-order valence-corrected chi connectivity index (χ1v) is 14.9. The molecule has 1 aliphatic carbocycles. The third-order valence-corrected chi connectivity index (χ3v) is 9.36. The van der Waals surface area contributed by atoms with Gasteiger partial charge in [-0.1, -0.05) is 96.3 Å². The van der Waals surface area contributed by atoms with Crippen LogP contribution in [0.25, 0.3) is 33.9 Å². The van der Waals surface area contributed by atoms with Crippen LogP contribution >= 0.6 is 11.3 Å². The lowest BCUT2D eigenvalue weighted by molar-refractivity contribution is 0.415. The number of nitrogens with zero attached hydrogens (tertiary/aromatic N) is 2. The van der Waals surface area contributed by atoms with Crippen LogP contribution in [0.15, 0.2) is 118 Å². The number of thiazole rings is 1. The van der Waals surface area contributed by atoms with Gasteiger partial charge in [-0.3, -0.25) is 9.36 Å². The number of allylic oxidation sites excluding steroid dienone is 1. The summed E-state index contributed by atoms with van der Waals surface area (Å²) in [5.41, 5.74) is 9.77. The number of hydrogen-bond donors (Lipinski definition) is 1. The number of H-pyrrole nitrogens is 1. The van der Waals surface area contributed by atoms with Crippen molar-refractivity contribution in [3.05, 3.63) is 151 Å². The van der Waals surface area contributed by atoms with Crippen molar-refractivity contribution in [3.63, 3.8) is 0 Å². The van der Waals surface area contributed by atoms with Crippen LogP contribution in [-0.2, 0) is 6.42 Å². The Bertz CT molecular complexity index is 2210. The van der Waals surface area contributed by atoms with Crippen molar-refractivity contribution in [2.24, 2.45) is 4.99 Å². The van der Waals surface area contributed by atoms with Crippen molar-refractivity contribution in [2.45, 2.75) is 18.9 Å². The number of aryl methyl sites for hydroxylation is 1. The SMILES string of the molecule is COc1ccc2[nH]c(-c3ccccc3)c(/C=c3/sc4n(c3=O)[C@@H](c3ccccc3)C3=C(N=4)c4ccccc4CC3)c2c1. The number of aromatic amines is 1. The minimum Gasteiger partial charge on any atom is -0.497 e. The summed E-state index contributed by atoms with van der Waals surface area (Å²) in [6.07, 6.45) is 3.85. The number of aromatic nitrogens is 2. The van der Waals surface area contributed by atoms with Crippen molar-refractivity contribution < 1.29 is 4.74 Å². The molecule has 2 aromatic heterocycles. The van der Waals surface area contributed by atoms with Crippen LogP contribution < -0.4 is 19.6 Å². The molecule has 2 aliphatic rings. The maximum atomic E-state index is 14.4. The summed E-state index contributed by atoms with van der Waals surface area (Å²) in [4.78, 5) is 23.9. The van der Waals surface area contributed by atoms with Gasteiger partial charge in [0.15, 0.2) is 4.80 Å². The second kappa shape index (κ2) is 9.86. The van der Waals surface area contributed by atoms with Gasteiger partial charge in [0.25, 0.3) is 5.56 Å². The van der Waals surface area contributed by atoms with E-state index in [0.717, 1.165) is 62.4 Å². The van der Waals surface area contributed by atoms with Gasteiger partial charge in [0, 0.05) is 22.0 Å². The smallest absolute Gasteiger partial charge is 0.271 e. The Hall–Kier alpha value is -4.94. The zero-order valence-electron chi connectivity index (χ0n) is 23.0. The molecule has 204 valence electrons. The standard InChI is InChI=1S/C36H27N3O2S/c1-41-25-17-19-30-28(20-25)29(32(37-30)23-11-4-2-5-12-23)21-31-35(40)39-34(24-13-6-3-7-14-24)27-18-16-22-10-8-9-15-26(22)33(27)38-36(39)42-31/h2-15,17,19-21,34,37H,16,18H2,1H3/b31-21+/t34-/m0/s1. The van der Waals surface area contributed by atoms with E-state index in [-0.39, 0.29) is 11.6 Å². The Balaban J connectivity index is 1.41. The molecule has 0 radical (unpaired) electrons. The largest absolute Gasteiger partial charge is 0.497 e. The van der Waals surface area contributed by atoms with Gasteiger partial charge in [0.1, 0.15) is 5.75 Å². The Morgan fingerprint density at radius 2 is 1.69 bits per heavy atom. The van der Waals surface area contributed by atoms with Crippen LogP contribution in [0.3, 0.4) is 0 Å². The predicted octanol–water partition coefficient (Wildman–Crippen LogP) is 6.48. The first-order chi connectivity index (χ1) is 20.7. The van der Waals surface area contributed by atoms with Crippen molar-refractivity contribution >= 4 is 34.0 Å². The molecule has 5 nitrogen and oxygen atoms in total. The third kappa shape index (κ3) is 3.90. The number of fused-ring (bicyclic) bond motifs is 4. The highest BCUT2D eigenvalue weighted by atomic mass is 32.1. The molecule has 0 amide bonds. The monoisotopic (exact) mass is 565 g/mol. The summed E-state index contributed by atoms with van der Waals surface area (Å²) >= 11 is 1.46. The summed E-state index contributed by atoms with van der Waals surface area (Å²) in [5.74, 6) is 0.771. The second-order valence-electron chi connectivity index (χ2n) is 10.7. The van der Waals surface area contributed by atoms with Crippen molar-refractivity contribution in [2.75, 3.05) is 7.11 Å². The molecule has 0 spiro atoms. The van der Waals surface area contributed by atoms with Crippen LogP contribution in [0.5, 0.6) is 5.75 Å². The highest BCUT2D eigenvalue weighted by Gasteiger charge is 2.32. The zero-order valence-corrected chi connectivity index (χ0v) is 23.8.